The number of hydrogen-bond acceptors (Lipinski definition) is 5. The van der Waals surface area contributed by atoms with Gasteiger partial charge in [0.1, 0.15) is 5.82 Å². The SMILES string of the molecule is O=C(Nc1ccc(Br)cn1)C1CCCN(C(=O)c2cccc3c2OCO3)C1. The number of fused-ring (bicyclic) bond motifs is 1. The molecule has 2 amide bonds. The minimum Gasteiger partial charge on any atom is -0.454 e. The lowest BCUT2D eigenvalue weighted by molar-refractivity contribution is -0.121. The van der Waals surface area contributed by atoms with E-state index in [-0.39, 0.29) is 24.5 Å². The van der Waals surface area contributed by atoms with Crippen LogP contribution in [-0.2, 0) is 4.79 Å². The maximum Gasteiger partial charge on any atom is 0.257 e. The Labute approximate surface area is 164 Å². The number of nitrogens with zero attached hydrogens (tertiary/aromatic N) is 2. The largest absolute Gasteiger partial charge is 0.454 e. The highest BCUT2D eigenvalue weighted by Crippen LogP contribution is 2.36. The van der Waals surface area contributed by atoms with Gasteiger partial charge in [-0.1, -0.05) is 6.07 Å². The Morgan fingerprint density at radius 3 is 2.93 bits per heavy atom. The van der Waals surface area contributed by atoms with E-state index in [0.29, 0.717) is 36.0 Å². The van der Waals surface area contributed by atoms with Crippen LogP contribution in [0.3, 0.4) is 0 Å². The molecule has 0 aliphatic carbocycles. The van der Waals surface area contributed by atoms with Crippen molar-refractivity contribution in [2.45, 2.75) is 12.8 Å². The van der Waals surface area contributed by atoms with Crippen LogP contribution >= 0.6 is 15.9 Å². The number of likely N-dealkylation sites (tertiary alicyclic amines) is 1. The van der Waals surface area contributed by atoms with Gasteiger partial charge in [-0.05, 0) is 53.0 Å². The number of amides is 2. The van der Waals surface area contributed by atoms with E-state index in [4.69, 9.17) is 9.47 Å². The molecule has 2 aliphatic rings. The quantitative estimate of drug-likeness (QED) is 0.807. The molecule has 2 aliphatic heterocycles. The first-order valence-corrected chi connectivity index (χ1v) is 9.51. The molecule has 4 rings (SSSR count). The van der Waals surface area contributed by atoms with E-state index in [0.717, 1.165) is 17.3 Å². The number of pyridine rings is 1. The number of rotatable bonds is 3. The van der Waals surface area contributed by atoms with E-state index in [1.807, 2.05) is 6.07 Å². The summed E-state index contributed by atoms with van der Waals surface area (Å²) in [7, 11) is 0. The Morgan fingerprint density at radius 1 is 1.22 bits per heavy atom. The predicted octanol–water partition coefficient (Wildman–Crippen LogP) is 3.06. The zero-order valence-electron chi connectivity index (χ0n) is 14.5. The van der Waals surface area contributed by atoms with E-state index >= 15 is 0 Å². The summed E-state index contributed by atoms with van der Waals surface area (Å²) in [6, 6.07) is 8.83. The number of para-hydroxylation sites is 1. The number of nitrogens with one attached hydrogen (secondary N) is 1. The molecule has 3 heterocycles. The van der Waals surface area contributed by atoms with Crippen LogP contribution in [0, 0.1) is 5.92 Å². The molecule has 8 heteroatoms. The summed E-state index contributed by atoms with van der Waals surface area (Å²) in [5, 5.41) is 2.83. The molecule has 1 unspecified atom stereocenters. The van der Waals surface area contributed by atoms with Crippen molar-refractivity contribution < 1.29 is 19.1 Å². The molecular formula is C19H18BrN3O4. The van der Waals surface area contributed by atoms with Gasteiger partial charge >= 0.3 is 0 Å². The smallest absolute Gasteiger partial charge is 0.257 e. The van der Waals surface area contributed by atoms with Crippen molar-refractivity contribution in [2.75, 3.05) is 25.2 Å². The first kappa shape index (κ1) is 17.8. The van der Waals surface area contributed by atoms with Gasteiger partial charge in [0.25, 0.3) is 5.91 Å². The minimum absolute atomic E-state index is 0.116. The Kier molecular flexibility index (Phi) is 4.98. The van der Waals surface area contributed by atoms with Gasteiger partial charge in [0, 0.05) is 23.8 Å². The molecule has 1 aromatic carbocycles. The Hall–Kier alpha value is -2.61. The first-order chi connectivity index (χ1) is 13.1. The van der Waals surface area contributed by atoms with E-state index in [9.17, 15) is 9.59 Å². The monoisotopic (exact) mass is 431 g/mol. The van der Waals surface area contributed by atoms with Gasteiger partial charge in [-0.15, -0.1) is 0 Å². The number of hydrogen-bond donors (Lipinski definition) is 1. The van der Waals surface area contributed by atoms with Gasteiger partial charge in [-0.2, -0.15) is 0 Å². The maximum atomic E-state index is 13.0. The van der Waals surface area contributed by atoms with Crippen molar-refractivity contribution in [3.8, 4) is 11.5 Å². The number of ether oxygens (including phenoxy) is 2. The van der Waals surface area contributed by atoms with Crippen molar-refractivity contribution in [3.63, 3.8) is 0 Å². The van der Waals surface area contributed by atoms with E-state index in [1.54, 1.807) is 35.4 Å². The van der Waals surface area contributed by atoms with E-state index in [2.05, 4.69) is 26.2 Å². The zero-order valence-corrected chi connectivity index (χ0v) is 16.1. The second-order valence-electron chi connectivity index (χ2n) is 6.48. The molecule has 1 fully saturated rings. The molecule has 0 bridgehead atoms. The van der Waals surface area contributed by atoms with Gasteiger partial charge < -0.3 is 19.7 Å². The number of aromatic nitrogens is 1. The highest BCUT2D eigenvalue weighted by Gasteiger charge is 2.31. The number of piperidine rings is 1. The first-order valence-electron chi connectivity index (χ1n) is 8.72. The fraction of sp³-hybridized carbons (Fsp3) is 0.316. The van der Waals surface area contributed by atoms with Gasteiger partial charge in [0.15, 0.2) is 11.5 Å². The Bertz CT molecular complexity index is 872. The van der Waals surface area contributed by atoms with Crippen molar-refractivity contribution >= 4 is 33.6 Å². The average Bonchev–Trinajstić information content (AvgIpc) is 3.18. The zero-order chi connectivity index (χ0) is 18.8. The standard InChI is InChI=1S/C19H18BrN3O4/c20-13-6-7-16(21-9-13)22-18(24)12-3-2-8-23(10-12)19(25)14-4-1-5-15-17(14)27-11-26-15/h1,4-7,9,12H,2-3,8,10-11H2,(H,21,22,24). The van der Waals surface area contributed by atoms with Crippen LogP contribution in [-0.4, -0.2) is 41.6 Å². The highest BCUT2D eigenvalue weighted by atomic mass is 79.9. The predicted molar refractivity (Wildman–Crippen MR) is 102 cm³/mol. The Balaban J connectivity index is 1.45. The lowest BCUT2D eigenvalue weighted by atomic mass is 9.96. The number of carbonyl (C=O) groups is 2. The number of anilines is 1. The second-order valence-corrected chi connectivity index (χ2v) is 7.40. The van der Waals surface area contributed by atoms with Crippen LogP contribution in [0.25, 0.3) is 0 Å². The molecule has 1 N–H and O–H groups in total. The molecule has 1 aromatic heterocycles. The number of carbonyl (C=O) groups excluding carboxylic acids is 2. The summed E-state index contributed by atoms with van der Waals surface area (Å²) < 4.78 is 11.6. The van der Waals surface area contributed by atoms with E-state index < -0.39 is 0 Å². The molecule has 7 nitrogen and oxygen atoms in total. The maximum absolute atomic E-state index is 13.0. The fourth-order valence-corrected chi connectivity index (χ4v) is 3.56. The highest BCUT2D eigenvalue weighted by molar-refractivity contribution is 9.10. The summed E-state index contributed by atoms with van der Waals surface area (Å²) in [5.41, 5.74) is 0.473. The minimum atomic E-state index is -0.276. The number of halogens is 1. The van der Waals surface area contributed by atoms with Gasteiger partial charge in [0.05, 0.1) is 11.5 Å². The van der Waals surface area contributed by atoms with Crippen LogP contribution in [0.1, 0.15) is 23.2 Å². The van der Waals surface area contributed by atoms with Crippen LogP contribution in [0.4, 0.5) is 5.82 Å². The summed E-state index contributed by atoms with van der Waals surface area (Å²) >= 11 is 3.32. The third-order valence-electron chi connectivity index (χ3n) is 4.69. The van der Waals surface area contributed by atoms with Crippen LogP contribution in [0.5, 0.6) is 11.5 Å². The normalized spacial score (nSPS) is 18.3. The molecule has 27 heavy (non-hydrogen) atoms. The van der Waals surface area contributed by atoms with Crippen molar-refractivity contribution in [2.24, 2.45) is 5.92 Å². The summed E-state index contributed by atoms with van der Waals surface area (Å²) in [4.78, 5) is 31.4. The molecule has 140 valence electrons. The number of benzene rings is 1. The van der Waals surface area contributed by atoms with Gasteiger partial charge in [-0.3, -0.25) is 9.59 Å². The van der Waals surface area contributed by atoms with Gasteiger partial charge in [-0.25, -0.2) is 4.98 Å². The van der Waals surface area contributed by atoms with Crippen LogP contribution < -0.4 is 14.8 Å². The van der Waals surface area contributed by atoms with E-state index in [1.165, 1.54) is 0 Å². The molecular weight excluding hydrogens is 414 g/mol. The van der Waals surface area contributed by atoms with Crippen LogP contribution in [0.15, 0.2) is 41.0 Å². The van der Waals surface area contributed by atoms with Crippen molar-refractivity contribution in [3.05, 3.63) is 46.6 Å². The summed E-state index contributed by atoms with van der Waals surface area (Å²) in [5.74, 6) is 1.01. The lowest BCUT2D eigenvalue weighted by Crippen LogP contribution is -2.43. The van der Waals surface area contributed by atoms with Gasteiger partial charge in [0.2, 0.25) is 12.7 Å². The molecule has 1 atom stereocenters. The Morgan fingerprint density at radius 2 is 2.11 bits per heavy atom. The molecule has 0 spiro atoms. The topological polar surface area (TPSA) is 80.8 Å². The molecule has 0 saturated carbocycles. The summed E-state index contributed by atoms with van der Waals surface area (Å²) in [6.07, 6.45) is 3.13. The molecule has 2 aromatic rings. The van der Waals surface area contributed by atoms with Crippen molar-refractivity contribution in [1.82, 2.24) is 9.88 Å². The molecule has 0 radical (unpaired) electrons. The third-order valence-corrected chi connectivity index (χ3v) is 5.15. The fourth-order valence-electron chi connectivity index (χ4n) is 3.32. The molecule has 1 saturated heterocycles. The van der Waals surface area contributed by atoms with Crippen molar-refractivity contribution in [1.29, 1.82) is 0 Å². The second kappa shape index (κ2) is 7.56. The third kappa shape index (κ3) is 3.75. The average molecular weight is 432 g/mol. The lowest BCUT2D eigenvalue weighted by Gasteiger charge is -2.32. The van der Waals surface area contributed by atoms with Crippen LogP contribution in [0.2, 0.25) is 0 Å². The summed E-state index contributed by atoms with van der Waals surface area (Å²) in [6.45, 7) is 1.10.